The van der Waals surface area contributed by atoms with E-state index in [1.807, 2.05) is 20.8 Å². The third-order valence-corrected chi connectivity index (χ3v) is 3.24. The Hall–Kier alpha value is -1.78. The second kappa shape index (κ2) is 6.55. The molecule has 1 aromatic carbocycles. The highest BCUT2D eigenvalue weighted by molar-refractivity contribution is 6.36. The molecule has 2 rings (SSSR count). The molecule has 1 amide bonds. The Labute approximate surface area is 139 Å². The van der Waals surface area contributed by atoms with Crippen LogP contribution in [0.2, 0.25) is 10.0 Å². The third-order valence-electron chi connectivity index (χ3n) is 2.69. The van der Waals surface area contributed by atoms with Gasteiger partial charge in [0.1, 0.15) is 5.69 Å². The van der Waals surface area contributed by atoms with Gasteiger partial charge in [-0.05, 0) is 51.1 Å². The van der Waals surface area contributed by atoms with Crippen molar-refractivity contribution >= 4 is 40.5 Å². The Balaban J connectivity index is 2.10. The molecule has 0 aliphatic carbocycles. The van der Waals surface area contributed by atoms with Crippen LogP contribution in [0.1, 0.15) is 31.3 Å². The third kappa shape index (κ3) is 4.61. The quantitative estimate of drug-likeness (QED) is 0.856. The van der Waals surface area contributed by atoms with E-state index in [0.717, 1.165) is 11.4 Å². The largest absolute Gasteiger partial charge is 0.353 e. The van der Waals surface area contributed by atoms with Crippen molar-refractivity contribution in [2.75, 3.05) is 5.32 Å². The van der Waals surface area contributed by atoms with Gasteiger partial charge in [-0.15, -0.1) is 0 Å². The molecule has 22 heavy (non-hydrogen) atoms. The molecule has 0 fully saturated rings. The van der Waals surface area contributed by atoms with E-state index in [0.29, 0.717) is 15.7 Å². The first-order chi connectivity index (χ1) is 10.2. The first kappa shape index (κ1) is 16.6. The van der Waals surface area contributed by atoms with Gasteiger partial charge in [-0.1, -0.05) is 23.2 Å². The molecule has 2 N–H and O–H groups in total. The number of amides is 1. The maximum absolute atomic E-state index is 12.0. The summed E-state index contributed by atoms with van der Waals surface area (Å²) in [5.41, 5.74) is 1.52. The van der Waals surface area contributed by atoms with E-state index in [4.69, 9.17) is 23.2 Å². The molecule has 0 saturated carbocycles. The highest BCUT2D eigenvalue weighted by atomic mass is 35.5. The molecule has 6 heteroatoms. The summed E-state index contributed by atoms with van der Waals surface area (Å²) in [6.45, 7) is 5.76. The number of carbonyl (C=O) groups is 1. The summed E-state index contributed by atoms with van der Waals surface area (Å²) >= 11 is 12.0. The Morgan fingerprint density at radius 3 is 2.41 bits per heavy atom. The number of halogens is 2. The van der Waals surface area contributed by atoms with Crippen LogP contribution >= 0.6 is 23.2 Å². The van der Waals surface area contributed by atoms with Crippen LogP contribution in [0.25, 0.3) is 0 Å². The summed E-state index contributed by atoms with van der Waals surface area (Å²) < 4.78 is 0. The number of hydrogen-bond acceptors (Lipinski definition) is 3. The molecule has 0 aliphatic heterocycles. The molecule has 0 bridgehead atoms. The van der Waals surface area contributed by atoms with Crippen LogP contribution in [0.15, 0.2) is 36.5 Å². The van der Waals surface area contributed by atoms with Gasteiger partial charge in [-0.2, -0.15) is 0 Å². The van der Waals surface area contributed by atoms with Crippen molar-refractivity contribution in [1.29, 1.82) is 0 Å². The van der Waals surface area contributed by atoms with Gasteiger partial charge in [0.15, 0.2) is 0 Å². The fraction of sp³-hybridized carbons (Fsp3) is 0.250. The van der Waals surface area contributed by atoms with E-state index >= 15 is 0 Å². The van der Waals surface area contributed by atoms with E-state index in [-0.39, 0.29) is 11.4 Å². The molecule has 0 radical (unpaired) electrons. The van der Waals surface area contributed by atoms with Crippen LogP contribution in [-0.2, 0) is 0 Å². The summed E-state index contributed by atoms with van der Waals surface area (Å²) in [4.78, 5) is 16.2. The van der Waals surface area contributed by atoms with Crippen LogP contribution in [0.5, 0.6) is 0 Å². The van der Waals surface area contributed by atoms with Gasteiger partial charge < -0.3 is 10.6 Å². The van der Waals surface area contributed by atoms with E-state index < -0.39 is 0 Å². The average Bonchev–Trinajstić information content (AvgIpc) is 2.41. The number of nitrogens with one attached hydrogen (secondary N) is 2. The Kier molecular flexibility index (Phi) is 4.94. The van der Waals surface area contributed by atoms with Crippen LogP contribution in [0, 0.1) is 0 Å². The summed E-state index contributed by atoms with van der Waals surface area (Å²) in [7, 11) is 0. The summed E-state index contributed by atoms with van der Waals surface area (Å²) in [6.07, 6.45) is 1.59. The highest BCUT2D eigenvalue weighted by Crippen LogP contribution is 2.28. The van der Waals surface area contributed by atoms with Crippen molar-refractivity contribution in [2.24, 2.45) is 0 Å². The first-order valence-corrected chi connectivity index (χ1v) is 7.51. The van der Waals surface area contributed by atoms with Gasteiger partial charge in [-0.3, -0.25) is 4.79 Å². The lowest BCUT2D eigenvalue weighted by Gasteiger charge is -2.20. The van der Waals surface area contributed by atoms with Crippen LogP contribution in [-0.4, -0.2) is 16.4 Å². The SMILES string of the molecule is CC(C)(C)NC(=O)c1ccc(Nc2ccc(Cl)cc2Cl)cn1. The lowest BCUT2D eigenvalue weighted by molar-refractivity contribution is 0.0914. The van der Waals surface area contributed by atoms with Crippen molar-refractivity contribution in [3.05, 3.63) is 52.3 Å². The molecule has 116 valence electrons. The predicted octanol–water partition coefficient (Wildman–Crippen LogP) is 4.66. The topological polar surface area (TPSA) is 54.0 Å². The minimum absolute atomic E-state index is 0.205. The molecule has 2 aromatic rings. The molecule has 0 atom stereocenters. The monoisotopic (exact) mass is 337 g/mol. The molecular formula is C16H17Cl2N3O. The van der Waals surface area contributed by atoms with E-state index in [2.05, 4.69) is 15.6 Å². The number of nitrogens with zero attached hydrogens (tertiary/aromatic N) is 1. The van der Waals surface area contributed by atoms with Gasteiger partial charge in [-0.25, -0.2) is 4.98 Å². The lowest BCUT2D eigenvalue weighted by atomic mass is 10.1. The van der Waals surface area contributed by atoms with Crippen molar-refractivity contribution < 1.29 is 4.79 Å². The number of benzene rings is 1. The predicted molar refractivity (Wildman–Crippen MR) is 91.2 cm³/mol. The number of pyridine rings is 1. The molecule has 0 unspecified atom stereocenters. The minimum atomic E-state index is -0.299. The van der Waals surface area contributed by atoms with Gasteiger partial charge in [0.2, 0.25) is 0 Å². The number of hydrogen-bond donors (Lipinski definition) is 2. The zero-order valence-corrected chi connectivity index (χ0v) is 14.1. The molecule has 0 spiro atoms. The zero-order valence-electron chi connectivity index (χ0n) is 12.6. The molecular weight excluding hydrogens is 321 g/mol. The van der Waals surface area contributed by atoms with Crippen LogP contribution in [0.4, 0.5) is 11.4 Å². The van der Waals surface area contributed by atoms with Gasteiger partial charge in [0.25, 0.3) is 5.91 Å². The van der Waals surface area contributed by atoms with Gasteiger partial charge >= 0.3 is 0 Å². The fourth-order valence-electron chi connectivity index (χ4n) is 1.75. The fourth-order valence-corrected chi connectivity index (χ4v) is 2.21. The molecule has 4 nitrogen and oxygen atoms in total. The summed E-state index contributed by atoms with van der Waals surface area (Å²) in [5.74, 6) is -0.205. The standard InChI is InChI=1S/C16H17Cl2N3O/c1-16(2,3)21-15(22)14-7-5-11(9-19-14)20-13-6-4-10(17)8-12(13)18/h4-9,20H,1-3H3,(H,21,22). The highest BCUT2D eigenvalue weighted by Gasteiger charge is 2.16. The second-order valence-electron chi connectivity index (χ2n) is 5.89. The summed E-state index contributed by atoms with van der Waals surface area (Å²) in [5, 5.41) is 7.08. The maximum Gasteiger partial charge on any atom is 0.270 e. The smallest absolute Gasteiger partial charge is 0.270 e. The maximum atomic E-state index is 12.0. The van der Waals surface area contributed by atoms with E-state index in [1.165, 1.54) is 0 Å². The molecule has 1 aromatic heterocycles. The zero-order chi connectivity index (χ0) is 16.3. The van der Waals surface area contributed by atoms with E-state index in [1.54, 1.807) is 36.5 Å². The molecule has 0 aliphatic rings. The van der Waals surface area contributed by atoms with Crippen molar-refractivity contribution in [1.82, 2.24) is 10.3 Å². The number of rotatable bonds is 3. The second-order valence-corrected chi connectivity index (χ2v) is 6.73. The van der Waals surface area contributed by atoms with Crippen LogP contribution < -0.4 is 10.6 Å². The lowest BCUT2D eigenvalue weighted by Crippen LogP contribution is -2.40. The van der Waals surface area contributed by atoms with Gasteiger partial charge in [0.05, 0.1) is 22.6 Å². The number of anilines is 2. The van der Waals surface area contributed by atoms with Crippen molar-refractivity contribution in [3.8, 4) is 0 Å². The summed E-state index contributed by atoms with van der Waals surface area (Å²) in [6, 6.07) is 8.62. The first-order valence-electron chi connectivity index (χ1n) is 6.75. The Morgan fingerprint density at radius 1 is 1.14 bits per heavy atom. The normalized spacial score (nSPS) is 11.1. The molecule has 1 heterocycles. The van der Waals surface area contributed by atoms with Gasteiger partial charge in [0, 0.05) is 10.6 Å². The van der Waals surface area contributed by atoms with Crippen LogP contribution in [0.3, 0.4) is 0 Å². The van der Waals surface area contributed by atoms with Crippen molar-refractivity contribution in [3.63, 3.8) is 0 Å². The molecule has 0 saturated heterocycles. The number of carbonyl (C=O) groups excluding carboxylic acids is 1. The van der Waals surface area contributed by atoms with Crippen molar-refractivity contribution in [2.45, 2.75) is 26.3 Å². The Morgan fingerprint density at radius 2 is 1.86 bits per heavy atom. The number of aromatic nitrogens is 1. The minimum Gasteiger partial charge on any atom is -0.353 e. The van der Waals surface area contributed by atoms with E-state index in [9.17, 15) is 4.79 Å². The Bertz CT molecular complexity index is 679. The average molecular weight is 338 g/mol.